The van der Waals surface area contributed by atoms with Crippen LogP contribution in [0.5, 0.6) is 0 Å². The second-order valence-corrected chi connectivity index (χ2v) is 3.26. The number of aliphatic imine (C=N–C) groups is 2. The van der Waals surface area contributed by atoms with Crippen LogP contribution in [0.3, 0.4) is 0 Å². The molecule has 0 amide bonds. The van der Waals surface area contributed by atoms with Gasteiger partial charge in [-0.25, -0.2) is 10.4 Å². The predicted molar refractivity (Wildman–Crippen MR) is 60.0 cm³/mol. The number of aliphatic hydroxyl groups excluding tert-OH is 1. The van der Waals surface area contributed by atoms with Crippen molar-refractivity contribution in [2.75, 3.05) is 6.73 Å². The highest BCUT2D eigenvalue weighted by molar-refractivity contribution is 5.95. The molecule has 0 aliphatic carbocycles. The number of hydrogen-bond donors (Lipinski definition) is 4. The fourth-order valence-corrected chi connectivity index (χ4v) is 1.25. The zero-order valence-electron chi connectivity index (χ0n) is 8.82. The SMILES string of the molecule is CC1=NC(N)=N/C(NNCO)=C/CCC1. The van der Waals surface area contributed by atoms with E-state index >= 15 is 0 Å². The number of guanidine groups is 1. The van der Waals surface area contributed by atoms with Crippen LogP contribution in [0, 0.1) is 0 Å². The molecule has 6 nitrogen and oxygen atoms in total. The maximum atomic E-state index is 8.58. The van der Waals surface area contributed by atoms with E-state index in [0.29, 0.717) is 5.82 Å². The molecule has 1 rings (SSSR count). The van der Waals surface area contributed by atoms with E-state index in [-0.39, 0.29) is 12.7 Å². The van der Waals surface area contributed by atoms with Crippen molar-refractivity contribution >= 4 is 11.7 Å². The molecule has 0 saturated carbocycles. The predicted octanol–water partition coefficient (Wildman–Crippen LogP) is -0.169. The van der Waals surface area contributed by atoms with Gasteiger partial charge in [-0.1, -0.05) is 0 Å². The van der Waals surface area contributed by atoms with E-state index in [1.807, 2.05) is 13.0 Å². The minimum Gasteiger partial charge on any atom is -0.380 e. The Morgan fingerprint density at radius 2 is 2.33 bits per heavy atom. The molecule has 0 aromatic rings. The largest absolute Gasteiger partial charge is 0.380 e. The normalized spacial score (nSPS) is 21.3. The molecule has 0 aromatic heterocycles. The molecule has 0 saturated heterocycles. The van der Waals surface area contributed by atoms with Crippen LogP contribution in [-0.2, 0) is 0 Å². The van der Waals surface area contributed by atoms with Crippen molar-refractivity contribution in [2.24, 2.45) is 15.7 Å². The molecular formula is C9H17N5O. The molecule has 1 aliphatic rings. The minimum absolute atomic E-state index is 0.172. The van der Waals surface area contributed by atoms with Crippen molar-refractivity contribution in [2.45, 2.75) is 26.2 Å². The molecule has 6 heteroatoms. The number of nitrogens with one attached hydrogen (secondary N) is 2. The van der Waals surface area contributed by atoms with Crippen molar-refractivity contribution in [3.8, 4) is 0 Å². The first-order valence-corrected chi connectivity index (χ1v) is 4.90. The molecule has 0 unspecified atom stereocenters. The Morgan fingerprint density at radius 3 is 3.07 bits per heavy atom. The van der Waals surface area contributed by atoms with Crippen LogP contribution in [0.15, 0.2) is 21.9 Å². The van der Waals surface area contributed by atoms with Crippen molar-refractivity contribution in [1.82, 2.24) is 10.9 Å². The summed E-state index contributed by atoms with van der Waals surface area (Å²) in [5.74, 6) is 0.813. The van der Waals surface area contributed by atoms with Gasteiger partial charge in [-0.2, -0.15) is 4.99 Å². The van der Waals surface area contributed by atoms with E-state index in [4.69, 9.17) is 10.8 Å². The maximum Gasteiger partial charge on any atom is 0.221 e. The Morgan fingerprint density at radius 1 is 1.53 bits per heavy atom. The summed E-state index contributed by atoms with van der Waals surface area (Å²) in [5.41, 5.74) is 11.9. The summed E-state index contributed by atoms with van der Waals surface area (Å²) < 4.78 is 0. The summed E-state index contributed by atoms with van der Waals surface area (Å²) in [6.07, 6.45) is 4.76. The number of aliphatic hydroxyl groups is 1. The number of nitrogens with two attached hydrogens (primary N) is 1. The van der Waals surface area contributed by atoms with Crippen LogP contribution >= 0.6 is 0 Å². The van der Waals surface area contributed by atoms with E-state index in [9.17, 15) is 0 Å². The van der Waals surface area contributed by atoms with Crippen LogP contribution in [-0.4, -0.2) is 23.5 Å². The zero-order chi connectivity index (χ0) is 11.1. The fourth-order valence-electron chi connectivity index (χ4n) is 1.25. The summed E-state index contributed by atoms with van der Waals surface area (Å²) >= 11 is 0. The first-order valence-electron chi connectivity index (χ1n) is 4.90. The van der Waals surface area contributed by atoms with Crippen LogP contribution < -0.4 is 16.6 Å². The first kappa shape index (κ1) is 11.7. The van der Waals surface area contributed by atoms with E-state index in [1.54, 1.807) is 0 Å². The average Bonchev–Trinajstić information content (AvgIpc) is 2.26. The third-order valence-electron chi connectivity index (χ3n) is 1.92. The van der Waals surface area contributed by atoms with Gasteiger partial charge in [-0.3, -0.25) is 0 Å². The van der Waals surface area contributed by atoms with Crippen LogP contribution in [0.1, 0.15) is 26.2 Å². The third-order valence-corrected chi connectivity index (χ3v) is 1.92. The van der Waals surface area contributed by atoms with Gasteiger partial charge in [0, 0.05) is 5.71 Å². The lowest BCUT2D eigenvalue weighted by molar-refractivity contribution is 0.245. The molecule has 1 heterocycles. The van der Waals surface area contributed by atoms with Gasteiger partial charge >= 0.3 is 0 Å². The van der Waals surface area contributed by atoms with Gasteiger partial charge in [-0.15, -0.1) is 0 Å². The summed E-state index contributed by atoms with van der Waals surface area (Å²) in [4.78, 5) is 8.20. The summed E-state index contributed by atoms with van der Waals surface area (Å²) in [5, 5.41) is 8.58. The second kappa shape index (κ2) is 6.15. The standard InChI is InChI=1S/C9H17N5O/c1-7-4-2-3-5-8(14-11-6-15)13-9(10)12-7/h5,11,14-15H,2-4,6H2,1H3,(H2,10,13)/b8-5-,12-7?. The lowest BCUT2D eigenvalue weighted by Gasteiger charge is -2.05. The molecular weight excluding hydrogens is 194 g/mol. The monoisotopic (exact) mass is 211 g/mol. The van der Waals surface area contributed by atoms with E-state index in [1.165, 1.54) is 0 Å². The van der Waals surface area contributed by atoms with E-state index in [0.717, 1.165) is 25.0 Å². The van der Waals surface area contributed by atoms with Gasteiger partial charge in [0.05, 0.1) is 0 Å². The third kappa shape index (κ3) is 4.57. The lowest BCUT2D eigenvalue weighted by atomic mass is 10.2. The fraction of sp³-hybridized carbons (Fsp3) is 0.556. The smallest absolute Gasteiger partial charge is 0.221 e. The number of nitrogens with zero attached hydrogens (tertiary/aromatic N) is 2. The highest BCUT2D eigenvalue weighted by atomic mass is 16.3. The number of rotatable bonds is 3. The molecule has 0 bridgehead atoms. The molecule has 5 N–H and O–H groups in total. The lowest BCUT2D eigenvalue weighted by Crippen LogP contribution is -2.31. The molecule has 0 fully saturated rings. The van der Waals surface area contributed by atoms with Gasteiger partial charge in [0.1, 0.15) is 12.6 Å². The Balaban J connectivity index is 2.72. The highest BCUT2D eigenvalue weighted by Crippen LogP contribution is 2.05. The average molecular weight is 211 g/mol. The molecule has 0 spiro atoms. The van der Waals surface area contributed by atoms with Gasteiger partial charge in [-0.05, 0) is 32.3 Å². The van der Waals surface area contributed by atoms with Gasteiger partial charge in [0.15, 0.2) is 0 Å². The molecule has 0 radical (unpaired) electrons. The summed E-state index contributed by atoms with van der Waals surface area (Å²) in [6, 6.07) is 0. The van der Waals surface area contributed by atoms with Crippen LogP contribution in [0.4, 0.5) is 0 Å². The van der Waals surface area contributed by atoms with E-state index < -0.39 is 0 Å². The van der Waals surface area contributed by atoms with Crippen LogP contribution in [0.2, 0.25) is 0 Å². The van der Waals surface area contributed by atoms with Crippen molar-refractivity contribution in [1.29, 1.82) is 0 Å². The Bertz CT molecular complexity index is 295. The Kier molecular flexibility index (Phi) is 4.79. The number of hydrazine groups is 1. The Labute approximate surface area is 89.0 Å². The van der Waals surface area contributed by atoms with Crippen LogP contribution in [0.25, 0.3) is 0 Å². The number of hydrogen-bond acceptors (Lipinski definition) is 6. The molecule has 0 atom stereocenters. The maximum absolute atomic E-state index is 8.58. The molecule has 15 heavy (non-hydrogen) atoms. The topological polar surface area (TPSA) is 95.0 Å². The minimum atomic E-state index is -0.172. The van der Waals surface area contributed by atoms with Gasteiger partial charge in [0.2, 0.25) is 5.96 Å². The quantitative estimate of drug-likeness (QED) is 0.385. The van der Waals surface area contributed by atoms with Crippen molar-refractivity contribution in [3.63, 3.8) is 0 Å². The number of allylic oxidation sites excluding steroid dienone is 1. The molecule has 84 valence electrons. The van der Waals surface area contributed by atoms with Gasteiger partial charge < -0.3 is 16.3 Å². The van der Waals surface area contributed by atoms with E-state index in [2.05, 4.69) is 20.8 Å². The first-order chi connectivity index (χ1) is 7.22. The second-order valence-electron chi connectivity index (χ2n) is 3.26. The van der Waals surface area contributed by atoms with Crippen molar-refractivity contribution in [3.05, 3.63) is 11.9 Å². The summed E-state index contributed by atoms with van der Waals surface area (Å²) in [6.45, 7) is 1.77. The van der Waals surface area contributed by atoms with Gasteiger partial charge in [0.25, 0.3) is 0 Å². The summed E-state index contributed by atoms with van der Waals surface area (Å²) in [7, 11) is 0. The Hall–Kier alpha value is -1.40. The van der Waals surface area contributed by atoms with Crippen molar-refractivity contribution < 1.29 is 5.11 Å². The molecule has 1 aliphatic heterocycles. The zero-order valence-corrected chi connectivity index (χ0v) is 8.82. The molecule has 0 aromatic carbocycles. The highest BCUT2D eigenvalue weighted by Gasteiger charge is 2.00.